The lowest BCUT2D eigenvalue weighted by atomic mass is 10.1. The zero-order chi connectivity index (χ0) is 15.1. The smallest absolute Gasteiger partial charge is 0.225 e. The molecule has 5 heteroatoms. The number of ether oxygens (including phenoxy) is 1. The number of alkyl halides is 1. The van der Waals surface area contributed by atoms with Crippen LogP contribution in [0.15, 0.2) is 30.3 Å². The second-order valence-electron chi connectivity index (χ2n) is 5.15. The maximum atomic E-state index is 12.4. The Morgan fingerprint density at radius 1 is 1.33 bits per heavy atom. The van der Waals surface area contributed by atoms with E-state index >= 15 is 0 Å². The van der Waals surface area contributed by atoms with Crippen molar-refractivity contribution >= 4 is 28.1 Å². The van der Waals surface area contributed by atoms with Gasteiger partial charge >= 0.3 is 0 Å². The Morgan fingerprint density at radius 3 is 2.76 bits per heavy atom. The van der Waals surface area contributed by atoms with Crippen LogP contribution in [-0.2, 0) is 20.7 Å². The molecule has 1 amide bonds. The van der Waals surface area contributed by atoms with Crippen LogP contribution in [-0.4, -0.2) is 41.3 Å². The summed E-state index contributed by atoms with van der Waals surface area (Å²) in [7, 11) is 0. The number of aldehydes is 1. The number of hydrogen-bond acceptors (Lipinski definition) is 3. The molecule has 0 aliphatic carbocycles. The molecule has 2 atom stereocenters. The van der Waals surface area contributed by atoms with Gasteiger partial charge in [-0.05, 0) is 24.8 Å². The first-order valence-corrected chi connectivity index (χ1v) is 8.36. The van der Waals surface area contributed by atoms with Crippen molar-refractivity contribution in [1.82, 2.24) is 4.90 Å². The molecule has 1 aromatic rings. The molecule has 21 heavy (non-hydrogen) atoms. The van der Waals surface area contributed by atoms with Crippen molar-refractivity contribution in [1.29, 1.82) is 0 Å². The van der Waals surface area contributed by atoms with Gasteiger partial charge in [0.15, 0.2) is 12.5 Å². The first kappa shape index (κ1) is 16.2. The summed E-state index contributed by atoms with van der Waals surface area (Å²) in [6.45, 7) is 0.419. The zero-order valence-electron chi connectivity index (χ0n) is 11.9. The van der Waals surface area contributed by atoms with Crippen molar-refractivity contribution < 1.29 is 14.3 Å². The van der Waals surface area contributed by atoms with Crippen molar-refractivity contribution in [3.8, 4) is 0 Å². The van der Waals surface area contributed by atoms with Crippen LogP contribution in [0.3, 0.4) is 0 Å². The largest absolute Gasteiger partial charge is 0.349 e. The lowest BCUT2D eigenvalue weighted by Crippen LogP contribution is -2.43. The van der Waals surface area contributed by atoms with Crippen LogP contribution in [0.1, 0.15) is 24.8 Å². The highest BCUT2D eigenvalue weighted by atomic mass is 79.9. The highest BCUT2D eigenvalue weighted by molar-refractivity contribution is 9.09. The Hall–Kier alpha value is -1.20. The van der Waals surface area contributed by atoms with Gasteiger partial charge in [0.1, 0.15) is 0 Å². The number of amides is 1. The maximum Gasteiger partial charge on any atom is 0.225 e. The fourth-order valence-electron chi connectivity index (χ4n) is 2.57. The molecular weight excluding hydrogens is 334 g/mol. The van der Waals surface area contributed by atoms with E-state index in [0.717, 1.165) is 30.2 Å². The van der Waals surface area contributed by atoms with Gasteiger partial charge in [-0.2, -0.15) is 0 Å². The van der Waals surface area contributed by atoms with Gasteiger partial charge in [0.2, 0.25) is 5.91 Å². The summed E-state index contributed by atoms with van der Waals surface area (Å²) in [6.07, 6.45) is 2.95. The summed E-state index contributed by atoms with van der Waals surface area (Å²) in [6, 6.07) is 9.92. The average molecular weight is 354 g/mol. The van der Waals surface area contributed by atoms with Crippen molar-refractivity contribution in [2.75, 3.05) is 11.9 Å². The second-order valence-corrected chi connectivity index (χ2v) is 5.94. The number of hydrogen-bond donors (Lipinski definition) is 0. The predicted molar refractivity (Wildman–Crippen MR) is 84.2 cm³/mol. The molecule has 0 aromatic heterocycles. The quantitative estimate of drug-likeness (QED) is 0.430. The third-order valence-corrected chi connectivity index (χ3v) is 4.18. The van der Waals surface area contributed by atoms with Gasteiger partial charge in [-0.1, -0.05) is 46.3 Å². The monoisotopic (exact) mass is 353 g/mol. The Labute approximate surface area is 133 Å². The van der Waals surface area contributed by atoms with E-state index < -0.39 is 6.23 Å². The minimum atomic E-state index is -0.727. The van der Waals surface area contributed by atoms with E-state index in [1.54, 1.807) is 4.90 Å². The first-order valence-electron chi connectivity index (χ1n) is 7.24. The van der Waals surface area contributed by atoms with E-state index in [9.17, 15) is 9.59 Å². The molecule has 1 unspecified atom stereocenters. The summed E-state index contributed by atoms with van der Waals surface area (Å²) >= 11 is 3.36. The van der Waals surface area contributed by atoms with Crippen LogP contribution < -0.4 is 0 Å². The molecule has 1 heterocycles. The molecule has 1 saturated heterocycles. The molecule has 4 nitrogen and oxygen atoms in total. The molecule has 0 radical (unpaired) electrons. The molecule has 0 spiro atoms. The van der Waals surface area contributed by atoms with Crippen LogP contribution in [0.4, 0.5) is 0 Å². The highest BCUT2D eigenvalue weighted by Gasteiger charge is 2.37. The molecule has 1 aliphatic rings. The number of benzene rings is 1. The number of unbranched alkanes of at least 4 members (excludes halogenated alkanes) is 1. The topological polar surface area (TPSA) is 46.6 Å². The summed E-state index contributed by atoms with van der Waals surface area (Å²) in [5.74, 6) is 0.00600. The number of rotatable bonds is 7. The summed E-state index contributed by atoms with van der Waals surface area (Å²) in [4.78, 5) is 25.1. The van der Waals surface area contributed by atoms with Crippen LogP contribution in [0.5, 0.6) is 0 Å². The van der Waals surface area contributed by atoms with E-state index in [-0.39, 0.29) is 11.9 Å². The third-order valence-electron chi connectivity index (χ3n) is 3.62. The Morgan fingerprint density at radius 2 is 2.10 bits per heavy atom. The fourth-order valence-corrected chi connectivity index (χ4v) is 2.97. The molecule has 0 N–H and O–H groups in total. The van der Waals surface area contributed by atoms with Gasteiger partial charge in [0.05, 0.1) is 12.6 Å². The molecule has 1 aromatic carbocycles. The molecule has 2 rings (SSSR count). The molecule has 1 fully saturated rings. The lowest BCUT2D eigenvalue weighted by Gasteiger charge is -2.25. The van der Waals surface area contributed by atoms with Gasteiger partial charge in [0.25, 0.3) is 0 Å². The molecule has 1 aliphatic heterocycles. The number of carbonyl (C=O) groups is 2. The Kier molecular flexibility index (Phi) is 6.39. The predicted octanol–water partition coefficient (Wildman–Crippen LogP) is 2.55. The van der Waals surface area contributed by atoms with Crippen molar-refractivity contribution in [2.45, 2.75) is 38.0 Å². The molecule has 0 saturated carbocycles. The normalized spacial score (nSPS) is 21.5. The Balaban J connectivity index is 2.01. The molecular formula is C16H20BrNO3. The van der Waals surface area contributed by atoms with Crippen molar-refractivity contribution in [2.24, 2.45) is 0 Å². The van der Waals surface area contributed by atoms with Crippen LogP contribution in [0.2, 0.25) is 0 Å². The van der Waals surface area contributed by atoms with Crippen LogP contribution in [0, 0.1) is 0 Å². The van der Waals surface area contributed by atoms with E-state index in [0.29, 0.717) is 19.3 Å². The number of halogens is 1. The highest BCUT2D eigenvalue weighted by Crippen LogP contribution is 2.21. The van der Waals surface area contributed by atoms with Crippen molar-refractivity contribution in [3.05, 3.63) is 35.9 Å². The zero-order valence-corrected chi connectivity index (χ0v) is 13.5. The van der Waals surface area contributed by atoms with E-state index in [4.69, 9.17) is 4.74 Å². The minimum Gasteiger partial charge on any atom is -0.349 e. The van der Waals surface area contributed by atoms with E-state index in [2.05, 4.69) is 15.9 Å². The van der Waals surface area contributed by atoms with Crippen LogP contribution >= 0.6 is 15.9 Å². The number of carbonyl (C=O) groups excluding carboxylic acids is 2. The third kappa shape index (κ3) is 4.38. The molecule has 0 bridgehead atoms. The Bertz CT molecular complexity index is 466. The average Bonchev–Trinajstić information content (AvgIpc) is 2.91. The standard InChI is InChI=1S/C16H20BrNO3/c17-9-5-4-8-15(20)18-14(12-21-16(18)11-19)10-13-6-2-1-3-7-13/h1-3,6-7,11,14,16H,4-5,8-10,12H2/t14-,16?/m0/s1. The summed E-state index contributed by atoms with van der Waals surface area (Å²) in [5, 5.41) is 0.890. The van der Waals surface area contributed by atoms with Gasteiger partial charge in [-0.15, -0.1) is 0 Å². The maximum absolute atomic E-state index is 12.4. The summed E-state index contributed by atoms with van der Waals surface area (Å²) in [5.41, 5.74) is 1.15. The van der Waals surface area contributed by atoms with Gasteiger partial charge in [-0.3, -0.25) is 9.59 Å². The second kappa shape index (κ2) is 8.29. The van der Waals surface area contributed by atoms with E-state index in [1.165, 1.54) is 0 Å². The van der Waals surface area contributed by atoms with Gasteiger partial charge < -0.3 is 9.64 Å². The molecule has 114 valence electrons. The fraction of sp³-hybridized carbons (Fsp3) is 0.500. The lowest BCUT2D eigenvalue weighted by molar-refractivity contribution is -0.142. The first-order chi connectivity index (χ1) is 10.3. The van der Waals surface area contributed by atoms with Crippen LogP contribution in [0.25, 0.3) is 0 Å². The van der Waals surface area contributed by atoms with Gasteiger partial charge in [-0.25, -0.2) is 0 Å². The van der Waals surface area contributed by atoms with Crippen molar-refractivity contribution in [3.63, 3.8) is 0 Å². The van der Waals surface area contributed by atoms with E-state index in [1.807, 2.05) is 30.3 Å². The summed E-state index contributed by atoms with van der Waals surface area (Å²) < 4.78 is 5.45. The SMILES string of the molecule is O=CC1OC[C@H](Cc2ccccc2)N1C(=O)CCCCBr. The van der Waals surface area contributed by atoms with Gasteiger partial charge in [0, 0.05) is 11.8 Å². The minimum absolute atomic E-state index is 0.00600. The number of nitrogens with zero attached hydrogens (tertiary/aromatic N) is 1.